The van der Waals surface area contributed by atoms with Crippen LogP contribution in [0.25, 0.3) is 0 Å². The van der Waals surface area contributed by atoms with Gasteiger partial charge in [-0.2, -0.15) is 0 Å². The highest BCUT2D eigenvalue weighted by atomic mass is 35.5. The van der Waals surface area contributed by atoms with E-state index in [4.69, 9.17) is 28.6 Å². The van der Waals surface area contributed by atoms with E-state index in [0.717, 1.165) is 5.56 Å². The summed E-state index contributed by atoms with van der Waals surface area (Å²) in [5, 5.41) is 2.86. The number of benzene rings is 2. The predicted molar refractivity (Wildman–Crippen MR) is 99.5 cm³/mol. The van der Waals surface area contributed by atoms with Gasteiger partial charge in [-0.05, 0) is 42.9 Å². The minimum absolute atomic E-state index is 0.0284. The van der Waals surface area contributed by atoms with Gasteiger partial charge in [-0.3, -0.25) is 25.8 Å². The van der Waals surface area contributed by atoms with Crippen molar-refractivity contribution in [2.24, 2.45) is 0 Å². The lowest BCUT2D eigenvalue weighted by molar-refractivity contribution is -0.123. The van der Waals surface area contributed by atoms with E-state index in [1.165, 1.54) is 0 Å². The molecule has 0 atom stereocenters. The third-order valence-electron chi connectivity index (χ3n) is 3.13. The zero-order valence-corrected chi connectivity index (χ0v) is 14.9. The second-order valence-electron chi connectivity index (χ2n) is 4.99. The zero-order valence-electron chi connectivity index (χ0n) is 13.3. The molecular weight excluding hydrogens is 362 g/mol. The lowest BCUT2D eigenvalue weighted by Crippen LogP contribution is -2.49. The van der Waals surface area contributed by atoms with Crippen molar-refractivity contribution >= 4 is 40.7 Å². The molecule has 0 bridgehead atoms. The van der Waals surface area contributed by atoms with Gasteiger partial charge in [0.15, 0.2) is 11.7 Å². The highest BCUT2D eigenvalue weighted by Gasteiger charge is 2.11. The molecule has 0 aliphatic carbocycles. The fourth-order valence-electron chi connectivity index (χ4n) is 1.90. The number of hydrogen-bond acceptors (Lipinski definition) is 4. The summed E-state index contributed by atoms with van der Waals surface area (Å²) >= 11 is 10.9. The molecule has 2 aromatic carbocycles. The molecule has 25 heavy (non-hydrogen) atoms. The Bertz CT molecular complexity index is 798. The number of para-hydroxylation sites is 1. The molecule has 0 aliphatic heterocycles. The molecule has 2 amide bonds. The van der Waals surface area contributed by atoms with Crippen molar-refractivity contribution in [2.75, 3.05) is 6.61 Å². The molecule has 0 radical (unpaired) electrons. The molecular formula is C17H16ClN3O3S. The third-order valence-corrected chi connectivity index (χ3v) is 3.64. The number of rotatable bonds is 4. The molecule has 0 spiro atoms. The number of hydrazine groups is 1. The van der Waals surface area contributed by atoms with Crippen LogP contribution in [0.2, 0.25) is 5.02 Å². The number of ether oxygens (including phenoxy) is 1. The maximum absolute atomic E-state index is 12.1. The van der Waals surface area contributed by atoms with Crippen molar-refractivity contribution in [3.05, 3.63) is 64.7 Å². The average Bonchev–Trinajstić information content (AvgIpc) is 2.59. The van der Waals surface area contributed by atoms with Crippen molar-refractivity contribution in [2.45, 2.75) is 6.92 Å². The first-order valence-electron chi connectivity index (χ1n) is 7.30. The second kappa shape index (κ2) is 9.00. The van der Waals surface area contributed by atoms with E-state index in [1.807, 2.05) is 19.1 Å². The van der Waals surface area contributed by atoms with Crippen molar-refractivity contribution in [3.8, 4) is 5.75 Å². The Labute approximate surface area is 155 Å². The molecule has 130 valence electrons. The quantitative estimate of drug-likeness (QED) is 0.563. The van der Waals surface area contributed by atoms with Gasteiger partial charge in [-0.15, -0.1) is 0 Å². The minimum Gasteiger partial charge on any atom is -0.482 e. The molecule has 0 aromatic heterocycles. The van der Waals surface area contributed by atoms with Gasteiger partial charge in [-0.1, -0.05) is 41.9 Å². The van der Waals surface area contributed by atoms with Crippen LogP contribution in [-0.2, 0) is 4.79 Å². The second-order valence-corrected chi connectivity index (χ2v) is 5.81. The topological polar surface area (TPSA) is 79.5 Å². The SMILES string of the molecule is Cc1ccccc1C(=O)NC(=S)NNC(=O)COc1ccccc1Cl. The lowest BCUT2D eigenvalue weighted by atomic mass is 10.1. The Morgan fingerprint density at radius 3 is 2.48 bits per heavy atom. The number of hydrogen-bond donors (Lipinski definition) is 3. The summed E-state index contributed by atoms with van der Waals surface area (Å²) in [6.07, 6.45) is 0. The van der Waals surface area contributed by atoms with Crippen LogP contribution >= 0.6 is 23.8 Å². The molecule has 0 heterocycles. The van der Waals surface area contributed by atoms with Crippen molar-refractivity contribution in [1.82, 2.24) is 16.2 Å². The Hall–Kier alpha value is -2.64. The molecule has 0 saturated heterocycles. The van der Waals surface area contributed by atoms with Crippen molar-refractivity contribution < 1.29 is 14.3 Å². The Morgan fingerprint density at radius 1 is 1.08 bits per heavy atom. The number of halogens is 1. The van der Waals surface area contributed by atoms with E-state index in [0.29, 0.717) is 16.3 Å². The van der Waals surface area contributed by atoms with Crippen LogP contribution in [0, 0.1) is 6.92 Å². The van der Waals surface area contributed by atoms with Gasteiger partial charge in [0.2, 0.25) is 0 Å². The largest absolute Gasteiger partial charge is 0.482 e. The van der Waals surface area contributed by atoms with E-state index < -0.39 is 5.91 Å². The first-order valence-corrected chi connectivity index (χ1v) is 8.09. The smallest absolute Gasteiger partial charge is 0.276 e. The van der Waals surface area contributed by atoms with Gasteiger partial charge in [0.1, 0.15) is 5.75 Å². The van der Waals surface area contributed by atoms with E-state index in [9.17, 15) is 9.59 Å². The molecule has 2 aromatic rings. The van der Waals surface area contributed by atoms with E-state index in [-0.39, 0.29) is 17.6 Å². The fourth-order valence-corrected chi connectivity index (χ4v) is 2.23. The molecule has 2 rings (SSSR count). The zero-order chi connectivity index (χ0) is 18.2. The van der Waals surface area contributed by atoms with E-state index >= 15 is 0 Å². The van der Waals surface area contributed by atoms with Crippen LogP contribution in [0.4, 0.5) is 0 Å². The Kier molecular flexibility index (Phi) is 6.73. The molecule has 8 heteroatoms. The lowest BCUT2D eigenvalue weighted by Gasteiger charge is -2.12. The summed E-state index contributed by atoms with van der Waals surface area (Å²) in [7, 11) is 0. The number of nitrogens with one attached hydrogen (secondary N) is 3. The van der Waals surface area contributed by atoms with Gasteiger partial charge in [0.25, 0.3) is 11.8 Å². The highest BCUT2D eigenvalue weighted by molar-refractivity contribution is 7.80. The average molecular weight is 378 g/mol. The van der Waals surface area contributed by atoms with Gasteiger partial charge in [-0.25, -0.2) is 0 Å². The molecule has 3 N–H and O–H groups in total. The monoisotopic (exact) mass is 377 g/mol. The van der Waals surface area contributed by atoms with Crippen LogP contribution in [0.1, 0.15) is 15.9 Å². The maximum Gasteiger partial charge on any atom is 0.276 e. The summed E-state index contributed by atoms with van der Waals surface area (Å²) < 4.78 is 5.28. The van der Waals surface area contributed by atoms with E-state index in [1.54, 1.807) is 36.4 Å². The maximum atomic E-state index is 12.1. The van der Waals surface area contributed by atoms with Crippen LogP contribution in [0.5, 0.6) is 5.75 Å². The summed E-state index contributed by atoms with van der Waals surface area (Å²) in [5.41, 5.74) is 6.09. The predicted octanol–water partition coefficient (Wildman–Crippen LogP) is 2.36. The van der Waals surface area contributed by atoms with Crippen molar-refractivity contribution in [3.63, 3.8) is 0 Å². The van der Waals surface area contributed by atoms with E-state index in [2.05, 4.69) is 16.2 Å². The number of carbonyl (C=O) groups is 2. The normalized spacial score (nSPS) is 9.84. The molecule has 0 fully saturated rings. The summed E-state index contributed by atoms with van der Waals surface area (Å²) in [6, 6.07) is 13.9. The van der Waals surface area contributed by atoms with Gasteiger partial charge in [0.05, 0.1) is 5.02 Å². The summed E-state index contributed by atoms with van der Waals surface area (Å²) in [5.74, 6) is -0.445. The first kappa shape index (κ1) is 18.7. The third kappa shape index (κ3) is 5.74. The number of carbonyl (C=O) groups excluding carboxylic acids is 2. The summed E-state index contributed by atoms with van der Waals surface area (Å²) in [6.45, 7) is 1.56. The van der Waals surface area contributed by atoms with Crippen LogP contribution in [0.3, 0.4) is 0 Å². The van der Waals surface area contributed by atoms with Crippen LogP contribution < -0.4 is 20.9 Å². The molecule has 0 aliphatic rings. The fraction of sp³-hybridized carbons (Fsp3) is 0.118. The van der Waals surface area contributed by atoms with Gasteiger partial charge < -0.3 is 4.74 Å². The number of aryl methyl sites for hydroxylation is 1. The standard InChI is InChI=1S/C17H16ClN3O3S/c1-11-6-2-3-7-12(11)16(23)19-17(25)21-20-15(22)10-24-14-9-5-4-8-13(14)18/h2-9H,10H2,1H3,(H,20,22)(H2,19,21,23,25). The van der Waals surface area contributed by atoms with Crippen LogP contribution in [-0.4, -0.2) is 23.5 Å². The number of amides is 2. The van der Waals surface area contributed by atoms with Crippen molar-refractivity contribution in [1.29, 1.82) is 0 Å². The van der Waals surface area contributed by atoms with Gasteiger partial charge in [0, 0.05) is 5.56 Å². The highest BCUT2D eigenvalue weighted by Crippen LogP contribution is 2.22. The van der Waals surface area contributed by atoms with Crippen LogP contribution in [0.15, 0.2) is 48.5 Å². The Morgan fingerprint density at radius 2 is 1.76 bits per heavy atom. The molecule has 0 unspecified atom stereocenters. The summed E-state index contributed by atoms with van der Waals surface area (Å²) in [4.78, 5) is 23.8. The van der Waals surface area contributed by atoms with Gasteiger partial charge >= 0.3 is 0 Å². The first-order chi connectivity index (χ1) is 12.0. The number of thiocarbonyl (C=S) groups is 1. The Balaban J connectivity index is 1.76. The minimum atomic E-state index is -0.479. The molecule has 6 nitrogen and oxygen atoms in total. The molecule has 0 saturated carbocycles.